The van der Waals surface area contributed by atoms with Crippen LogP contribution in [0.1, 0.15) is 20.3 Å². The van der Waals surface area contributed by atoms with Gasteiger partial charge in [-0.15, -0.1) is 0 Å². The lowest BCUT2D eigenvalue weighted by molar-refractivity contribution is -0.142. The minimum absolute atomic E-state index is 0.0112. The zero-order valence-corrected chi connectivity index (χ0v) is 9.24. The van der Waals surface area contributed by atoms with Crippen molar-refractivity contribution in [2.45, 2.75) is 26.4 Å². The van der Waals surface area contributed by atoms with E-state index in [1.54, 1.807) is 6.92 Å². The summed E-state index contributed by atoms with van der Waals surface area (Å²) >= 11 is 0. The molecule has 15 heavy (non-hydrogen) atoms. The molecule has 0 radical (unpaired) electrons. The maximum atomic E-state index is 11.0. The highest BCUT2D eigenvalue weighted by Gasteiger charge is 2.15. The van der Waals surface area contributed by atoms with Crippen LogP contribution in [0, 0.1) is 0 Å². The van der Waals surface area contributed by atoms with Crippen LogP contribution in [-0.2, 0) is 19.0 Å². The predicted octanol–water partition coefficient (Wildman–Crippen LogP) is 1.67. The average molecular weight is 216 g/mol. The van der Waals surface area contributed by atoms with Crippen molar-refractivity contribution in [1.29, 1.82) is 0 Å². The number of methoxy groups -OCH3 is 1. The van der Waals surface area contributed by atoms with Crippen molar-refractivity contribution in [3.8, 4) is 0 Å². The Bertz CT molecular complexity index is 246. The Morgan fingerprint density at radius 1 is 1.40 bits per heavy atom. The average Bonchev–Trinajstić information content (AvgIpc) is 2.22. The highest BCUT2D eigenvalue weighted by Crippen LogP contribution is 2.02. The SMILES string of the molecule is C=C(C)C(=O)OCC(CC)OC(=O)OC. The van der Waals surface area contributed by atoms with Crippen LogP contribution in [0.5, 0.6) is 0 Å². The van der Waals surface area contributed by atoms with E-state index in [0.29, 0.717) is 12.0 Å². The Morgan fingerprint density at radius 3 is 2.40 bits per heavy atom. The molecule has 0 saturated carbocycles. The highest BCUT2D eigenvalue weighted by molar-refractivity contribution is 5.86. The smallest absolute Gasteiger partial charge is 0.458 e. The van der Waals surface area contributed by atoms with Crippen LogP contribution in [0.25, 0.3) is 0 Å². The second kappa shape index (κ2) is 6.86. The number of hydrogen-bond donors (Lipinski definition) is 0. The minimum atomic E-state index is -0.784. The minimum Gasteiger partial charge on any atom is -0.458 e. The van der Waals surface area contributed by atoms with Crippen LogP contribution < -0.4 is 0 Å². The van der Waals surface area contributed by atoms with Gasteiger partial charge in [0.25, 0.3) is 0 Å². The normalized spacial score (nSPS) is 11.4. The van der Waals surface area contributed by atoms with Gasteiger partial charge in [0.15, 0.2) is 0 Å². The molecule has 0 aliphatic rings. The van der Waals surface area contributed by atoms with Gasteiger partial charge in [0, 0.05) is 5.57 Å². The van der Waals surface area contributed by atoms with E-state index in [9.17, 15) is 9.59 Å². The van der Waals surface area contributed by atoms with Crippen molar-refractivity contribution in [2.24, 2.45) is 0 Å². The first-order valence-corrected chi connectivity index (χ1v) is 4.58. The molecule has 1 unspecified atom stereocenters. The van der Waals surface area contributed by atoms with Gasteiger partial charge in [-0.1, -0.05) is 13.5 Å². The van der Waals surface area contributed by atoms with E-state index in [1.807, 2.05) is 6.92 Å². The Morgan fingerprint density at radius 2 is 2.00 bits per heavy atom. The number of hydrogen-bond acceptors (Lipinski definition) is 5. The first-order chi connectivity index (χ1) is 7.01. The summed E-state index contributed by atoms with van der Waals surface area (Å²) in [5, 5.41) is 0. The van der Waals surface area contributed by atoms with Crippen molar-refractivity contribution in [3.63, 3.8) is 0 Å². The third-order valence-corrected chi connectivity index (χ3v) is 1.63. The van der Waals surface area contributed by atoms with Crippen molar-refractivity contribution in [3.05, 3.63) is 12.2 Å². The van der Waals surface area contributed by atoms with Crippen LogP contribution >= 0.6 is 0 Å². The van der Waals surface area contributed by atoms with Gasteiger partial charge < -0.3 is 14.2 Å². The summed E-state index contributed by atoms with van der Waals surface area (Å²) in [6, 6.07) is 0. The molecule has 0 heterocycles. The molecule has 5 nitrogen and oxygen atoms in total. The van der Waals surface area contributed by atoms with E-state index in [2.05, 4.69) is 11.3 Å². The lowest BCUT2D eigenvalue weighted by atomic mass is 10.3. The maximum absolute atomic E-state index is 11.0. The molecule has 5 heteroatoms. The van der Waals surface area contributed by atoms with Gasteiger partial charge in [-0.25, -0.2) is 9.59 Å². The van der Waals surface area contributed by atoms with Gasteiger partial charge in [0.1, 0.15) is 12.7 Å². The van der Waals surface area contributed by atoms with Gasteiger partial charge in [0.05, 0.1) is 7.11 Å². The molecule has 0 aliphatic heterocycles. The largest absolute Gasteiger partial charge is 0.508 e. The third-order valence-electron chi connectivity index (χ3n) is 1.63. The van der Waals surface area contributed by atoms with Gasteiger partial charge in [-0.05, 0) is 13.3 Å². The zero-order valence-electron chi connectivity index (χ0n) is 9.24. The van der Waals surface area contributed by atoms with Gasteiger partial charge in [-0.2, -0.15) is 0 Å². The van der Waals surface area contributed by atoms with Crippen LogP contribution in [0.4, 0.5) is 4.79 Å². The number of carbonyl (C=O) groups excluding carboxylic acids is 2. The van der Waals surface area contributed by atoms with E-state index in [-0.39, 0.29) is 6.61 Å². The maximum Gasteiger partial charge on any atom is 0.508 e. The van der Waals surface area contributed by atoms with Crippen LogP contribution in [-0.4, -0.2) is 31.9 Å². The number of rotatable bonds is 5. The van der Waals surface area contributed by atoms with Crippen LogP contribution in [0.2, 0.25) is 0 Å². The third kappa shape index (κ3) is 5.72. The lowest BCUT2D eigenvalue weighted by Crippen LogP contribution is -2.24. The molecule has 0 aliphatic carbocycles. The van der Waals surface area contributed by atoms with Crippen LogP contribution in [0.3, 0.4) is 0 Å². The molecule has 0 aromatic carbocycles. The highest BCUT2D eigenvalue weighted by atomic mass is 16.7. The monoisotopic (exact) mass is 216 g/mol. The first-order valence-electron chi connectivity index (χ1n) is 4.58. The summed E-state index contributed by atoms with van der Waals surface area (Å²) in [6.07, 6.45) is -0.729. The van der Waals surface area contributed by atoms with E-state index >= 15 is 0 Å². The fourth-order valence-corrected chi connectivity index (χ4v) is 0.711. The fourth-order valence-electron chi connectivity index (χ4n) is 0.711. The molecule has 0 aromatic heterocycles. The second-order valence-corrected chi connectivity index (χ2v) is 2.98. The van der Waals surface area contributed by atoms with Gasteiger partial charge in [0.2, 0.25) is 0 Å². The molecule has 0 fully saturated rings. The first kappa shape index (κ1) is 13.5. The number of carbonyl (C=O) groups is 2. The predicted molar refractivity (Wildman–Crippen MR) is 53.3 cm³/mol. The Balaban J connectivity index is 3.95. The number of ether oxygens (including phenoxy) is 3. The van der Waals surface area contributed by atoms with Crippen LogP contribution in [0.15, 0.2) is 12.2 Å². The fraction of sp³-hybridized carbons (Fsp3) is 0.600. The van der Waals surface area contributed by atoms with Gasteiger partial charge >= 0.3 is 12.1 Å². The summed E-state index contributed by atoms with van der Waals surface area (Å²) < 4.78 is 14.0. The van der Waals surface area contributed by atoms with E-state index in [4.69, 9.17) is 9.47 Å². The molecule has 0 saturated heterocycles. The molecule has 0 bridgehead atoms. The standard InChI is InChI=1S/C10H16O5/c1-5-8(15-10(12)13-4)6-14-9(11)7(2)3/h8H,2,5-6H2,1,3-4H3. The molecular formula is C10H16O5. The molecule has 86 valence electrons. The second-order valence-electron chi connectivity index (χ2n) is 2.98. The quantitative estimate of drug-likeness (QED) is 0.516. The molecular weight excluding hydrogens is 200 g/mol. The van der Waals surface area contributed by atoms with Crippen molar-refractivity contribution in [2.75, 3.05) is 13.7 Å². The van der Waals surface area contributed by atoms with E-state index in [1.165, 1.54) is 7.11 Å². The summed E-state index contributed by atoms with van der Waals surface area (Å²) in [5.74, 6) is -0.498. The molecule has 0 amide bonds. The summed E-state index contributed by atoms with van der Waals surface area (Å²) in [7, 11) is 1.22. The van der Waals surface area contributed by atoms with Crippen molar-refractivity contribution in [1.82, 2.24) is 0 Å². The lowest BCUT2D eigenvalue weighted by Gasteiger charge is -2.14. The summed E-state index contributed by atoms with van der Waals surface area (Å²) in [5.41, 5.74) is 0.308. The van der Waals surface area contributed by atoms with E-state index < -0.39 is 18.2 Å². The molecule has 0 rings (SSSR count). The Labute approximate surface area is 89.0 Å². The van der Waals surface area contributed by atoms with Crippen molar-refractivity contribution >= 4 is 12.1 Å². The van der Waals surface area contributed by atoms with Gasteiger partial charge in [-0.3, -0.25) is 0 Å². The molecule has 0 aromatic rings. The number of esters is 1. The topological polar surface area (TPSA) is 61.8 Å². The zero-order chi connectivity index (χ0) is 11.8. The Hall–Kier alpha value is -1.52. The molecule has 0 spiro atoms. The summed E-state index contributed by atoms with van der Waals surface area (Å²) in [4.78, 5) is 21.8. The summed E-state index contributed by atoms with van der Waals surface area (Å²) in [6.45, 7) is 6.79. The van der Waals surface area contributed by atoms with Crippen molar-refractivity contribution < 1.29 is 23.8 Å². The Kier molecular flexibility index (Phi) is 6.17. The molecule has 0 N–H and O–H groups in total. The molecule has 1 atom stereocenters. The van der Waals surface area contributed by atoms with E-state index in [0.717, 1.165) is 0 Å².